The molecule has 126 valence electrons. The van der Waals surface area contributed by atoms with Crippen molar-refractivity contribution in [1.82, 2.24) is 10.1 Å². The molecule has 0 radical (unpaired) electrons. The zero-order chi connectivity index (χ0) is 16.5. The number of anilines is 1. The van der Waals surface area contributed by atoms with E-state index in [1.165, 1.54) is 30.4 Å². The lowest BCUT2D eigenvalue weighted by atomic mass is 9.91. The molecular weight excluding hydrogens is 302 g/mol. The highest BCUT2D eigenvalue weighted by molar-refractivity contribution is 6.02. The maximum atomic E-state index is 12.2. The van der Waals surface area contributed by atoms with E-state index in [0.29, 0.717) is 11.5 Å². The third-order valence-corrected chi connectivity index (χ3v) is 5.25. The van der Waals surface area contributed by atoms with Gasteiger partial charge in [-0.1, -0.05) is 17.6 Å². The predicted molar refractivity (Wildman–Crippen MR) is 92.3 cm³/mol. The number of amides is 1. The molecule has 1 saturated carbocycles. The standard InChI is InChI=1S/C19H23N3O2/c1-13-11-18(21-24-13)19(23)20-16-6-5-14-7-9-22(17-3-2-4-17)10-8-15(14)12-16/h5-6,11-12,17H,2-4,7-10H2,1H3,(H,20,23). The van der Waals surface area contributed by atoms with E-state index >= 15 is 0 Å². The first-order valence-corrected chi connectivity index (χ1v) is 8.79. The van der Waals surface area contributed by atoms with E-state index in [1.807, 2.05) is 6.07 Å². The van der Waals surface area contributed by atoms with Gasteiger partial charge in [0, 0.05) is 30.9 Å². The molecule has 2 heterocycles. The van der Waals surface area contributed by atoms with E-state index in [0.717, 1.165) is 37.7 Å². The minimum Gasteiger partial charge on any atom is -0.361 e. The Morgan fingerprint density at radius 1 is 1.21 bits per heavy atom. The lowest BCUT2D eigenvalue weighted by Gasteiger charge is -2.36. The Balaban J connectivity index is 1.46. The second kappa shape index (κ2) is 6.40. The second-order valence-electron chi connectivity index (χ2n) is 6.88. The first kappa shape index (κ1) is 15.4. The number of hydrogen-bond acceptors (Lipinski definition) is 4. The average molecular weight is 325 g/mol. The van der Waals surface area contributed by atoms with Gasteiger partial charge in [-0.15, -0.1) is 0 Å². The third kappa shape index (κ3) is 3.08. The summed E-state index contributed by atoms with van der Waals surface area (Å²) in [6.45, 7) is 4.05. The molecular formula is C19H23N3O2. The molecule has 0 unspecified atom stereocenters. The number of rotatable bonds is 3. The summed E-state index contributed by atoms with van der Waals surface area (Å²) in [6, 6.07) is 8.71. The second-order valence-corrected chi connectivity index (χ2v) is 6.88. The Morgan fingerprint density at radius 3 is 2.67 bits per heavy atom. The van der Waals surface area contributed by atoms with Crippen LogP contribution in [0.15, 0.2) is 28.8 Å². The molecule has 4 rings (SSSR count). The molecule has 1 aliphatic carbocycles. The molecule has 5 nitrogen and oxygen atoms in total. The molecule has 0 saturated heterocycles. The topological polar surface area (TPSA) is 58.4 Å². The molecule has 5 heteroatoms. The molecule has 1 aliphatic heterocycles. The fraction of sp³-hybridized carbons (Fsp3) is 0.474. The highest BCUT2D eigenvalue weighted by Crippen LogP contribution is 2.28. The highest BCUT2D eigenvalue weighted by atomic mass is 16.5. The highest BCUT2D eigenvalue weighted by Gasteiger charge is 2.26. The number of aromatic nitrogens is 1. The molecule has 1 aromatic heterocycles. The average Bonchev–Trinajstić information content (AvgIpc) is 2.85. The molecule has 2 aromatic rings. The molecule has 0 spiro atoms. The van der Waals surface area contributed by atoms with Crippen LogP contribution in [0.2, 0.25) is 0 Å². The van der Waals surface area contributed by atoms with Crippen LogP contribution in [0.1, 0.15) is 46.6 Å². The van der Waals surface area contributed by atoms with Crippen molar-refractivity contribution in [3.05, 3.63) is 46.8 Å². The molecule has 0 bridgehead atoms. The number of nitrogens with one attached hydrogen (secondary N) is 1. The van der Waals surface area contributed by atoms with Crippen molar-refractivity contribution in [3.63, 3.8) is 0 Å². The maximum absolute atomic E-state index is 12.2. The molecule has 2 aliphatic rings. The summed E-state index contributed by atoms with van der Waals surface area (Å²) in [4.78, 5) is 14.8. The van der Waals surface area contributed by atoms with Crippen LogP contribution in [0, 0.1) is 6.92 Å². The first-order valence-electron chi connectivity index (χ1n) is 8.79. The number of fused-ring (bicyclic) bond motifs is 1. The SMILES string of the molecule is Cc1cc(C(=O)Nc2ccc3c(c2)CCN(C2CCC2)CC3)no1. The summed E-state index contributed by atoms with van der Waals surface area (Å²) in [5.41, 5.74) is 3.91. The van der Waals surface area contributed by atoms with Crippen LogP contribution in [-0.2, 0) is 12.8 Å². The predicted octanol–water partition coefficient (Wildman–Crippen LogP) is 3.19. The monoisotopic (exact) mass is 325 g/mol. The van der Waals surface area contributed by atoms with Gasteiger partial charge in [-0.3, -0.25) is 9.69 Å². The normalized spacial score (nSPS) is 18.5. The van der Waals surface area contributed by atoms with Crippen molar-refractivity contribution in [2.24, 2.45) is 0 Å². The lowest BCUT2D eigenvalue weighted by molar-refractivity contribution is 0.101. The van der Waals surface area contributed by atoms with Crippen LogP contribution < -0.4 is 5.32 Å². The van der Waals surface area contributed by atoms with Crippen molar-refractivity contribution >= 4 is 11.6 Å². The Labute approximate surface area is 142 Å². The number of benzene rings is 1. The van der Waals surface area contributed by atoms with Crippen LogP contribution in [0.25, 0.3) is 0 Å². The van der Waals surface area contributed by atoms with Gasteiger partial charge in [0.05, 0.1) is 0 Å². The Morgan fingerprint density at radius 2 is 2.00 bits per heavy atom. The van der Waals surface area contributed by atoms with Crippen molar-refractivity contribution in [1.29, 1.82) is 0 Å². The van der Waals surface area contributed by atoms with Gasteiger partial charge in [0.1, 0.15) is 5.76 Å². The van der Waals surface area contributed by atoms with E-state index < -0.39 is 0 Å². The maximum Gasteiger partial charge on any atom is 0.277 e. The van der Waals surface area contributed by atoms with Crippen LogP contribution in [0.4, 0.5) is 5.69 Å². The van der Waals surface area contributed by atoms with E-state index in [9.17, 15) is 4.79 Å². The fourth-order valence-corrected chi connectivity index (χ4v) is 3.61. The largest absolute Gasteiger partial charge is 0.361 e. The Bertz CT molecular complexity index is 749. The zero-order valence-corrected chi connectivity index (χ0v) is 14.0. The molecule has 1 N–H and O–H groups in total. The van der Waals surface area contributed by atoms with Gasteiger partial charge in [-0.2, -0.15) is 0 Å². The molecule has 0 atom stereocenters. The summed E-state index contributed by atoms with van der Waals surface area (Å²) in [7, 11) is 0. The van der Waals surface area contributed by atoms with Crippen LogP contribution in [-0.4, -0.2) is 35.1 Å². The van der Waals surface area contributed by atoms with Crippen LogP contribution in [0.3, 0.4) is 0 Å². The van der Waals surface area contributed by atoms with E-state index in [1.54, 1.807) is 13.0 Å². The van der Waals surface area contributed by atoms with E-state index in [2.05, 4.69) is 27.5 Å². The molecule has 1 aromatic carbocycles. The van der Waals surface area contributed by atoms with Crippen molar-refractivity contribution in [2.45, 2.75) is 45.1 Å². The smallest absolute Gasteiger partial charge is 0.277 e. The van der Waals surface area contributed by atoms with Gasteiger partial charge in [0.2, 0.25) is 0 Å². The fourth-order valence-electron chi connectivity index (χ4n) is 3.61. The zero-order valence-electron chi connectivity index (χ0n) is 14.0. The lowest BCUT2D eigenvalue weighted by Crippen LogP contribution is -2.41. The number of hydrogen-bond donors (Lipinski definition) is 1. The number of nitrogens with zero attached hydrogens (tertiary/aromatic N) is 2. The summed E-state index contributed by atoms with van der Waals surface area (Å²) in [6.07, 6.45) is 6.25. The first-order chi connectivity index (χ1) is 11.7. The summed E-state index contributed by atoms with van der Waals surface area (Å²) in [5.74, 6) is 0.412. The van der Waals surface area contributed by atoms with Gasteiger partial charge in [-0.25, -0.2) is 0 Å². The van der Waals surface area contributed by atoms with Gasteiger partial charge in [0.25, 0.3) is 5.91 Å². The molecule has 1 fully saturated rings. The van der Waals surface area contributed by atoms with Gasteiger partial charge in [0.15, 0.2) is 5.69 Å². The quantitative estimate of drug-likeness (QED) is 0.941. The van der Waals surface area contributed by atoms with Crippen molar-refractivity contribution < 1.29 is 9.32 Å². The summed E-state index contributed by atoms with van der Waals surface area (Å²) < 4.78 is 4.96. The van der Waals surface area contributed by atoms with Crippen LogP contribution in [0.5, 0.6) is 0 Å². The Kier molecular flexibility index (Phi) is 4.10. The summed E-state index contributed by atoms with van der Waals surface area (Å²) in [5, 5.41) is 6.69. The Hall–Kier alpha value is -2.14. The minimum absolute atomic E-state index is 0.225. The van der Waals surface area contributed by atoms with Gasteiger partial charge >= 0.3 is 0 Å². The third-order valence-electron chi connectivity index (χ3n) is 5.25. The minimum atomic E-state index is -0.225. The number of carbonyl (C=O) groups excluding carboxylic acids is 1. The number of aryl methyl sites for hydroxylation is 1. The number of carbonyl (C=O) groups is 1. The van der Waals surface area contributed by atoms with E-state index in [-0.39, 0.29) is 5.91 Å². The van der Waals surface area contributed by atoms with Gasteiger partial charge < -0.3 is 9.84 Å². The van der Waals surface area contributed by atoms with E-state index in [4.69, 9.17) is 4.52 Å². The molecule has 24 heavy (non-hydrogen) atoms. The van der Waals surface area contributed by atoms with Crippen molar-refractivity contribution in [3.8, 4) is 0 Å². The van der Waals surface area contributed by atoms with Crippen molar-refractivity contribution in [2.75, 3.05) is 18.4 Å². The van der Waals surface area contributed by atoms with Gasteiger partial charge in [-0.05, 0) is 55.9 Å². The summed E-state index contributed by atoms with van der Waals surface area (Å²) >= 11 is 0. The van der Waals surface area contributed by atoms with Crippen LogP contribution >= 0.6 is 0 Å². The molecule has 1 amide bonds.